The largest absolute Gasteiger partial charge is 0.573 e. The highest BCUT2D eigenvalue weighted by Gasteiger charge is 2.33. The summed E-state index contributed by atoms with van der Waals surface area (Å²) in [6.07, 6.45) is 0.652. The van der Waals surface area contributed by atoms with E-state index in [2.05, 4.69) is 19.7 Å². The Labute approximate surface area is 216 Å². The quantitative estimate of drug-likeness (QED) is 0.225. The molecule has 5 rings (SSSR count). The normalized spacial score (nSPS) is 18.1. The van der Waals surface area contributed by atoms with E-state index in [-0.39, 0.29) is 29.6 Å². The van der Waals surface area contributed by atoms with Gasteiger partial charge in [-0.1, -0.05) is 0 Å². The molecule has 4 aromatic rings. The summed E-state index contributed by atoms with van der Waals surface area (Å²) in [6.45, 7) is 3.42. The molecule has 0 spiro atoms. The number of halogens is 4. The second-order valence-corrected chi connectivity index (χ2v) is 9.73. The zero-order valence-electron chi connectivity index (χ0n) is 20.9. The first-order valence-electron chi connectivity index (χ1n) is 12.4. The van der Waals surface area contributed by atoms with Crippen LogP contribution in [0.15, 0.2) is 53.6 Å². The van der Waals surface area contributed by atoms with E-state index in [1.807, 2.05) is 25.1 Å². The summed E-state index contributed by atoms with van der Waals surface area (Å²) >= 11 is 0. The van der Waals surface area contributed by atoms with Crippen LogP contribution in [0.3, 0.4) is 0 Å². The van der Waals surface area contributed by atoms with Crippen LogP contribution < -0.4 is 10.3 Å². The Balaban J connectivity index is 1.51. The Hall–Kier alpha value is -3.82. The number of alkyl halides is 3. The van der Waals surface area contributed by atoms with Crippen LogP contribution in [0, 0.1) is 19.8 Å². The average Bonchev–Trinajstić information content (AvgIpc) is 2.86. The van der Waals surface area contributed by atoms with Crippen LogP contribution in [0.2, 0.25) is 0 Å². The van der Waals surface area contributed by atoms with Gasteiger partial charge in [-0.25, -0.2) is 9.97 Å². The molecule has 0 aromatic carbocycles. The average molecular weight is 527 g/mol. The van der Waals surface area contributed by atoms with Gasteiger partial charge in [0.2, 0.25) is 5.95 Å². The highest BCUT2D eigenvalue weighted by atomic mass is 19.4. The SMILES string of the molecule is Cc1ccc2cc([C@H]3CC[C@H](c4c(C)ccnc4F)CC3)c(=O)n(Cc3ncccc3OC(F)(F)F)c2n1. The first kappa shape index (κ1) is 25.8. The van der Waals surface area contributed by atoms with Gasteiger partial charge in [0.1, 0.15) is 11.3 Å². The lowest BCUT2D eigenvalue weighted by atomic mass is 9.75. The lowest BCUT2D eigenvalue weighted by Gasteiger charge is -2.30. The maximum absolute atomic E-state index is 14.5. The molecule has 1 aliphatic rings. The van der Waals surface area contributed by atoms with Gasteiger partial charge in [0, 0.05) is 34.6 Å². The number of hydrogen-bond acceptors (Lipinski definition) is 5. The summed E-state index contributed by atoms with van der Waals surface area (Å²) in [5.41, 5.74) is 2.74. The van der Waals surface area contributed by atoms with E-state index in [0.717, 1.165) is 5.56 Å². The molecule has 6 nitrogen and oxygen atoms in total. The summed E-state index contributed by atoms with van der Waals surface area (Å²) in [4.78, 5) is 26.2. The number of pyridine rings is 4. The second-order valence-electron chi connectivity index (χ2n) is 9.73. The van der Waals surface area contributed by atoms with Crippen molar-refractivity contribution in [2.75, 3.05) is 0 Å². The summed E-state index contributed by atoms with van der Waals surface area (Å²) < 4.78 is 59.0. The van der Waals surface area contributed by atoms with Gasteiger partial charge in [0.25, 0.3) is 5.56 Å². The first-order chi connectivity index (χ1) is 18.1. The monoisotopic (exact) mass is 526 g/mol. The van der Waals surface area contributed by atoms with Crippen molar-refractivity contribution in [3.05, 3.63) is 93.2 Å². The van der Waals surface area contributed by atoms with Crippen LogP contribution >= 0.6 is 0 Å². The number of aromatic nitrogens is 4. The number of fused-ring (bicyclic) bond motifs is 1. The molecule has 4 aromatic heterocycles. The van der Waals surface area contributed by atoms with Crippen LogP contribution in [0.1, 0.15) is 65.6 Å². The first-order valence-corrected chi connectivity index (χ1v) is 12.4. The molecule has 0 saturated heterocycles. The fourth-order valence-electron chi connectivity index (χ4n) is 5.43. The Morgan fingerprint density at radius 2 is 1.74 bits per heavy atom. The van der Waals surface area contributed by atoms with Crippen LogP contribution in [-0.2, 0) is 6.54 Å². The third kappa shape index (κ3) is 5.25. The summed E-state index contributed by atoms with van der Waals surface area (Å²) in [6, 6.07) is 9.82. The van der Waals surface area contributed by atoms with Crippen molar-refractivity contribution in [1.29, 1.82) is 0 Å². The van der Waals surface area contributed by atoms with Crippen molar-refractivity contribution in [2.45, 2.75) is 64.3 Å². The standard InChI is InChI=1S/C28H26F4N4O2/c1-16-11-13-34-25(29)24(16)19-9-7-18(8-10-19)21-14-20-6-5-17(2)35-26(20)36(27(21)37)15-22-23(4-3-12-33-22)38-28(30,31)32/h3-6,11-14,18-19H,7-10,15H2,1-2H3/t18-,19-. The third-order valence-electron chi connectivity index (χ3n) is 7.22. The maximum atomic E-state index is 14.5. The number of aryl methyl sites for hydroxylation is 2. The lowest BCUT2D eigenvalue weighted by molar-refractivity contribution is -0.275. The van der Waals surface area contributed by atoms with Crippen LogP contribution in [0.5, 0.6) is 5.75 Å². The molecule has 1 fully saturated rings. The predicted molar refractivity (Wildman–Crippen MR) is 134 cm³/mol. The molecule has 4 heterocycles. The number of rotatable bonds is 5. The molecular formula is C28H26F4N4O2. The van der Waals surface area contributed by atoms with Crippen LogP contribution in [0.25, 0.3) is 11.0 Å². The minimum atomic E-state index is -4.90. The fourth-order valence-corrected chi connectivity index (χ4v) is 5.43. The van der Waals surface area contributed by atoms with Crippen molar-refractivity contribution in [3.8, 4) is 5.75 Å². The van der Waals surface area contributed by atoms with E-state index < -0.39 is 18.1 Å². The Morgan fingerprint density at radius 3 is 2.45 bits per heavy atom. The molecule has 0 bridgehead atoms. The van der Waals surface area contributed by atoms with Crippen molar-refractivity contribution in [2.24, 2.45) is 0 Å². The minimum Gasteiger partial charge on any atom is -0.404 e. The fraction of sp³-hybridized carbons (Fsp3) is 0.357. The lowest BCUT2D eigenvalue weighted by Crippen LogP contribution is -2.29. The zero-order valence-corrected chi connectivity index (χ0v) is 20.9. The van der Waals surface area contributed by atoms with E-state index in [4.69, 9.17) is 0 Å². The molecular weight excluding hydrogens is 500 g/mol. The number of hydrogen-bond donors (Lipinski definition) is 0. The molecule has 0 unspecified atom stereocenters. The van der Waals surface area contributed by atoms with Crippen LogP contribution in [-0.4, -0.2) is 25.9 Å². The van der Waals surface area contributed by atoms with Gasteiger partial charge in [-0.05, 0) is 93.3 Å². The van der Waals surface area contributed by atoms with E-state index >= 15 is 0 Å². The highest BCUT2D eigenvalue weighted by Crippen LogP contribution is 2.41. The van der Waals surface area contributed by atoms with Gasteiger partial charge in [-0.2, -0.15) is 4.39 Å². The van der Waals surface area contributed by atoms with Gasteiger partial charge in [-0.3, -0.25) is 14.3 Å². The second kappa shape index (κ2) is 10.2. The third-order valence-corrected chi connectivity index (χ3v) is 7.22. The van der Waals surface area contributed by atoms with E-state index in [1.54, 1.807) is 13.0 Å². The summed E-state index contributed by atoms with van der Waals surface area (Å²) in [5, 5.41) is 0.704. The van der Waals surface area contributed by atoms with Gasteiger partial charge in [-0.15, -0.1) is 13.2 Å². The molecule has 1 saturated carbocycles. The molecule has 0 radical (unpaired) electrons. The van der Waals surface area contributed by atoms with E-state index in [9.17, 15) is 22.4 Å². The van der Waals surface area contributed by atoms with Gasteiger partial charge in [0.05, 0.1) is 6.54 Å². The Kier molecular flexibility index (Phi) is 6.90. The molecule has 0 N–H and O–H groups in total. The Bertz CT molecular complexity index is 1520. The molecule has 0 amide bonds. The number of nitrogens with zero attached hydrogens (tertiary/aromatic N) is 4. The zero-order chi connectivity index (χ0) is 27.0. The topological polar surface area (TPSA) is 69.9 Å². The van der Waals surface area contributed by atoms with Crippen molar-refractivity contribution < 1.29 is 22.3 Å². The van der Waals surface area contributed by atoms with E-state index in [1.165, 1.54) is 29.1 Å². The maximum Gasteiger partial charge on any atom is 0.573 e. The van der Waals surface area contributed by atoms with Gasteiger partial charge < -0.3 is 4.74 Å². The smallest absolute Gasteiger partial charge is 0.404 e. The molecule has 38 heavy (non-hydrogen) atoms. The summed E-state index contributed by atoms with van der Waals surface area (Å²) in [5.74, 6) is -0.976. The van der Waals surface area contributed by atoms with Gasteiger partial charge in [0.15, 0.2) is 5.75 Å². The molecule has 1 aliphatic carbocycles. The van der Waals surface area contributed by atoms with Crippen molar-refractivity contribution in [1.82, 2.24) is 19.5 Å². The molecule has 198 valence electrons. The van der Waals surface area contributed by atoms with Crippen LogP contribution in [0.4, 0.5) is 17.6 Å². The molecule has 0 atom stereocenters. The Morgan fingerprint density at radius 1 is 1.00 bits per heavy atom. The molecule has 10 heteroatoms. The minimum absolute atomic E-state index is 0.0162. The summed E-state index contributed by atoms with van der Waals surface area (Å²) in [7, 11) is 0. The van der Waals surface area contributed by atoms with Gasteiger partial charge >= 0.3 is 6.36 Å². The van der Waals surface area contributed by atoms with Crippen molar-refractivity contribution in [3.63, 3.8) is 0 Å². The van der Waals surface area contributed by atoms with Crippen molar-refractivity contribution >= 4 is 11.0 Å². The number of ether oxygens (including phenoxy) is 1. The molecule has 0 aliphatic heterocycles. The van der Waals surface area contributed by atoms with E-state index in [0.29, 0.717) is 53.5 Å². The predicted octanol–water partition coefficient (Wildman–Crippen LogP) is 6.33. The highest BCUT2D eigenvalue weighted by molar-refractivity contribution is 5.76.